The minimum atomic E-state index is -0.490. The molecular formula is C15H21N3O2. The monoisotopic (exact) mass is 275 g/mol. The van der Waals surface area contributed by atoms with Crippen LogP contribution in [0, 0.1) is 5.41 Å². The van der Waals surface area contributed by atoms with E-state index in [1.54, 1.807) is 18.0 Å². The molecule has 0 radical (unpaired) electrons. The van der Waals surface area contributed by atoms with Crippen molar-refractivity contribution < 1.29 is 9.59 Å². The zero-order valence-corrected chi connectivity index (χ0v) is 12.0. The molecule has 1 aromatic carbocycles. The zero-order chi connectivity index (χ0) is 14.8. The molecule has 5 heteroatoms. The first kappa shape index (κ1) is 14.5. The smallest absolute Gasteiger partial charge is 0.253 e. The molecule has 108 valence electrons. The summed E-state index contributed by atoms with van der Waals surface area (Å²) >= 11 is 0. The maximum Gasteiger partial charge on any atom is 0.253 e. The van der Waals surface area contributed by atoms with Crippen molar-refractivity contribution in [1.29, 1.82) is 0 Å². The largest absolute Gasteiger partial charge is 0.359 e. The van der Waals surface area contributed by atoms with Gasteiger partial charge in [0, 0.05) is 32.2 Å². The Balaban J connectivity index is 2.13. The summed E-state index contributed by atoms with van der Waals surface area (Å²) in [6.45, 7) is 3.38. The third kappa shape index (κ3) is 2.67. The van der Waals surface area contributed by atoms with Crippen molar-refractivity contribution in [3.63, 3.8) is 0 Å². The first-order valence-corrected chi connectivity index (χ1v) is 6.80. The van der Waals surface area contributed by atoms with Crippen LogP contribution in [0.1, 0.15) is 29.3 Å². The molecule has 0 spiro atoms. The molecule has 0 aliphatic carbocycles. The van der Waals surface area contributed by atoms with Crippen molar-refractivity contribution in [3.8, 4) is 0 Å². The van der Waals surface area contributed by atoms with Gasteiger partial charge in [0.25, 0.3) is 5.91 Å². The Kier molecular flexibility index (Phi) is 4.09. The lowest BCUT2D eigenvalue weighted by Crippen LogP contribution is -2.40. The highest BCUT2D eigenvalue weighted by atomic mass is 16.2. The van der Waals surface area contributed by atoms with Crippen LogP contribution in [-0.4, -0.2) is 36.9 Å². The van der Waals surface area contributed by atoms with E-state index in [4.69, 9.17) is 5.73 Å². The number of likely N-dealkylation sites (tertiary alicyclic amines) is 1. The number of nitrogens with two attached hydrogens (primary N) is 1. The van der Waals surface area contributed by atoms with Crippen molar-refractivity contribution >= 4 is 11.8 Å². The fraction of sp³-hybridized carbons (Fsp3) is 0.467. The summed E-state index contributed by atoms with van der Waals surface area (Å²) in [6, 6.07) is 7.34. The highest BCUT2D eigenvalue weighted by molar-refractivity contribution is 5.95. The molecule has 1 heterocycles. The maximum atomic E-state index is 12.5. The fourth-order valence-electron chi connectivity index (χ4n) is 2.64. The van der Waals surface area contributed by atoms with Gasteiger partial charge in [0.2, 0.25) is 5.91 Å². The van der Waals surface area contributed by atoms with Crippen molar-refractivity contribution in [1.82, 2.24) is 10.2 Å². The van der Waals surface area contributed by atoms with E-state index in [9.17, 15) is 9.59 Å². The molecule has 2 rings (SSSR count). The lowest BCUT2D eigenvalue weighted by atomic mass is 9.89. The Morgan fingerprint density at radius 2 is 2.20 bits per heavy atom. The maximum absolute atomic E-state index is 12.5. The lowest BCUT2D eigenvalue weighted by molar-refractivity contribution is -0.128. The van der Waals surface area contributed by atoms with Gasteiger partial charge in [-0.15, -0.1) is 0 Å². The number of amides is 2. The van der Waals surface area contributed by atoms with Crippen molar-refractivity contribution in [3.05, 3.63) is 35.4 Å². The van der Waals surface area contributed by atoms with Crippen molar-refractivity contribution in [2.24, 2.45) is 11.1 Å². The highest BCUT2D eigenvalue weighted by Gasteiger charge is 2.41. The van der Waals surface area contributed by atoms with Gasteiger partial charge in [-0.1, -0.05) is 12.1 Å². The molecule has 20 heavy (non-hydrogen) atoms. The van der Waals surface area contributed by atoms with Crippen LogP contribution in [0.2, 0.25) is 0 Å². The molecule has 1 atom stereocenters. The van der Waals surface area contributed by atoms with Crippen LogP contribution in [0.25, 0.3) is 0 Å². The molecule has 0 aromatic heterocycles. The number of benzene rings is 1. The summed E-state index contributed by atoms with van der Waals surface area (Å²) in [5, 5.41) is 2.67. The standard InChI is InChI=1S/C15H21N3O2/c1-15(14(20)17-2)6-7-18(10-15)13(19)12-5-3-4-11(8-12)9-16/h3-5,8H,6-7,9-10,16H2,1-2H3,(H,17,20). The van der Waals surface area contributed by atoms with E-state index in [0.717, 1.165) is 5.56 Å². The number of hydrogen-bond acceptors (Lipinski definition) is 3. The predicted octanol–water partition coefficient (Wildman–Crippen LogP) is 0.743. The summed E-state index contributed by atoms with van der Waals surface area (Å²) in [5.74, 6) is -0.0450. The molecule has 1 aromatic rings. The number of rotatable bonds is 3. The number of carbonyl (C=O) groups excluding carboxylic acids is 2. The van der Waals surface area contributed by atoms with E-state index in [1.165, 1.54) is 0 Å². The Bertz CT molecular complexity index is 530. The average molecular weight is 275 g/mol. The van der Waals surface area contributed by atoms with Gasteiger partial charge in [0.15, 0.2) is 0 Å². The molecule has 5 nitrogen and oxygen atoms in total. The molecule has 0 saturated carbocycles. The van der Waals surface area contributed by atoms with Gasteiger partial charge in [0.1, 0.15) is 0 Å². The zero-order valence-electron chi connectivity index (χ0n) is 12.0. The van der Waals surface area contributed by atoms with Crippen molar-refractivity contribution in [2.75, 3.05) is 20.1 Å². The van der Waals surface area contributed by atoms with E-state index in [-0.39, 0.29) is 11.8 Å². The Hall–Kier alpha value is -1.88. The molecule has 1 aliphatic rings. The van der Waals surface area contributed by atoms with E-state index in [2.05, 4.69) is 5.32 Å². The molecule has 1 unspecified atom stereocenters. The normalized spacial score (nSPS) is 21.9. The van der Waals surface area contributed by atoms with Crippen LogP contribution in [0.3, 0.4) is 0 Å². The number of carbonyl (C=O) groups is 2. The van der Waals surface area contributed by atoms with E-state index in [0.29, 0.717) is 31.6 Å². The molecule has 0 bridgehead atoms. The second-order valence-electron chi connectivity index (χ2n) is 5.52. The molecule has 3 N–H and O–H groups in total. The summed E-state index contributed by atoms with van der Waals surface area (Å²) in [5.41, 5.74) is 6.67. The van der Waals surface area contributed by atoms with E-state index in [1.807, 2.05) is 25.1 Å². The van der Waals surface area contributed by atoms with Gasteiger partial charge in [-0.25, -0.2) is 0 Å². The van der Waals surface area contributed by atoms with Gasteiger partial charge < -0.3 is 16.0 Å². The number of nitrogens with one attached hydrogen (secondary N) is 1. The Morgan fingerprint density at radius 3 is 2.85 bits per heavy atom. The molecule has 1 saturated heterocycles. The quantitative estimate of drug-likeness (QED) is 0.854. The highest BCUT2D eigenvalue weighted by Crippen LogP contribution is 2.31. The molecule has 1 fully saturated rings. The SMILES string of the molecule is CNC(=O)C1(C)CCN(C(=O)c2cccc(CN)c2)C1. The van der Waals surface area contributed by atoms with Crippen LogP contribution in [0.5, 0.6) is 0 Å². The van der Waals surface area contributed by atoms with Gasteiger partial charge in [-0.05, 0) is 31.0 Å². The number of hydrogen-bond donors (Lipinski definition) is 2. The second-order valence-corrected chi connectivity index (χ2v) is 5.52. The van der Waals surface area contributed by atoms with Crippen LogP contribution >= 0.6 is 0 Å². The Morgan fingerprint density at radius 1 is 1.45 bits per heavy atom. The average Bonchev–Trinajstić information content (AvgIpc) is 2.89. The van der Waals surface area contributed by atoms with Crippen LogP contribution < -0.4 is 11.1 Å². The minimum absolute atomic E-state index is 0.0106. The van der Waals surface area contributed by atoms with Gasteiger partial charge in [0.05, 0.1) is 5.41 Å². The van der Waals surface area contributed by atoms with E-state index >= 15 is 0 Å². The van der Waals surface area contributed by atoms with Gasteiger partial charge in [-0.2, -0.15) is 0 Å². The first-order valence-electron chi connectivity index (χ1n) is 6.80. The molecule has 2 amide bonds. The van der Waals surface area contributed by atoms with Crippen LogP contribution in [0.15, 0.2) is 24.3 Å². The Labute approximate surface area is 119 Å². The predicted molar refractivity (Wildman–Crippen MR) is 77.0 cm³/mol. The molecular weight excluding hydrogens is 254 g/mol. The molecule has 1 aliphatic heterocycles. The first-order chi connectivity index (χ1) is 9.50. The summed E-state index contributed by atoms with van der Waals surface area (Å²) in [6.07, 6.45) is 0.689. The van der Waals surface area contributed by atoms with Gasteiger partial charge >= 0.3 is 0 Å². The summed E-state index contributed by atoms with van der Waals surface area (Å²) in [4.78, 5) is 26.1. The second kappa shape index (κ2) is 5.63. The lowest BCUT2D eigenvalue weighted by Gasteiger charge is -2.22. The summed E-state index contributed by atoms with van der Waals surface area (Å²) < 4.78 is 0. The third-order valence-corrected chi connectivity index (χ3v) is 3.95. The fourth-order valence-corrected chi connectivity index (χ4v) is 2.64. The van der Waals surface area contributed by atoms with E-state index < -0.39 is 5.41 Å². The minimum Gasteiger partial charge on any atom is -0.359 e. The number of nitrogens with zero attached hydrogens (tertiary/aromatic N) is 1. The van der Waals surface area contributed by atoms with Crippen LogP contribution in [0.4, 0.5) is 0 Å². The topological polar surface area (TPSA) is 75.4 Å². The van der Waals surface area contributed by atoms with Crippen LogP contribution in [-0.2, 0) is 11.3 Å². The third-order valence-electron chi connectivity index (χ3n) is 3.95. The summed E-state index contributed by atoms with van der Waals surface area (Å²) in [7, 11) is 1.63. The van der Waals surface area contributed by atoms with Gasteiger partial charge in [-0.3, -0.25) is 9.59 Å². The van der Waals surface area contributed by atoms with Crippen molar-refractivity contribution in [2.45, 2.75) is 19.9 Å².